The normalized spacial score (nSPS) is 10.3. The van der Waals surface area contributed by atoms with Gasteiger partial charge >= 0.3 is 0 Å². The Labute approximate surface area is 137 Å². The van der Waals surface area contributed by atoms with Crippen molar-refractivity contribution in [3.63, 3.8) is 0 Å². The van der Waals surface area contributed by atoms with Crippen molar-refractivity contribution in [2.24, 2.45) is 0 Å². The Bertz CT molecular complexity index is 807. The number of aryl methyl sites for hydroxylation is 2. The molecule has 0 fully saturated rings. The Balaban J connectivity index is 2.17. The Morgan fingerprint density at radius 1 is 0.783 bits per heavy atom. The lowest BCUT2D eigenvalue weighted by atomic mass is 10.1. The van der Waals surface area contributed by atoms with E-state index in [-0.39, 0.29) is 0 Å². The Morgan fingerprint density at radius 3 is 2.09 bits per heavy atom. The molecule has 0 spiro atoms. The monoisotopic (exact) mass is 301 g/mol. The topological polar surface area (TPSA) is 20.3 Å². The third-order valence-electron chi connectivity index (χ3n) is 3.91. The molecule has 0 heterocycles. The highest BCUT2D eigenvalue weighted by molar-refractivity contribution is 5.81. The molecule has 0 radical (unpaired) electrons. The number of rotatable bonds is 4. The summed E-state index contributed by atoms with van der Waals surface area (Å²) in [5.41, 5.74) is 6.39. The average Bonchev–Trinajstić information content (AvgIpc) is 2.60. The number of carbonyl (C=O) groups excluding carboxylic acids is 1. The van der Waals surface area contributed by atoms with E-state index in [9.17, 15) is 4.79 Å². The zero-order chi connectivity index (χ0) is 16.2. The van der Waals surface area contributed by atoms with Gasteiger partial charge in [0, 0.05) is 22.6 Å². The van der Waals surface area contributed by atoms with Crippen LogP contribution in [0.2, 0.25) is 0 Å². The van der Waals surface area contributed by atoms with Crippen LogP contribution < -0.4 is 4.90 Å². The number of nitrogens with zero attached hydrogens (tertiary/aromatic N) is 1. The second-order valence-electron chi connectivity index (χ2n) is 5.67. The predicted octanol–water partition coefficient (Wildman–Crippen LogP) is 5.59. The highest BCUT2D eigenvalue weighted by atomic mass is 16.1. The molecule has 2 nitrogen and oxygen atoms in total. The fourth-order valence-electron chi connectivity index (χ4n) is 2.67. The first kappa shape index (κ1) is 15.0. The molecule has 0 bridgehead atoms. The lowest BCUT2D eigenvalue weighted by molar-refractivity contribution is 0.112. The molecule has 114 valence electrons. The summed E-state index contributed by atoms with van der Waals surface area (Å²) in [7, 11) is 0. The van der Waals surface area contributed by atoms with Crippen LogP contribution >= 0.6 is 0 Å². The van der Waals surface area contributed by atoms with E-state index in [1.807, 2.05) is 42.5 Å². The first-order valence-electron chi connectivity index (χ1n) is 7.67. The highest BCUT2D eigenvalue weighted by Gasteiger charge is 2.14. The molecule has 0 saturated carbocycles. The van der Waals surface area contributed by atoms with E-state index < -0.39 is 0 Å². The number of anilines is 3. The summed E-state index contributed by atoms with van der Waals surface area (Å²) in [6.07, 6.45) is 0.870. The molecule has 0 aromatic heterocycles. The van der Waals surface area contributed by atoms with E-state index in [0.29, 0.717) is 5.56 Å². The maximum Gasteiger partial charge on any atom is 0.150 e. The molecule has 0 aliphatic rings. The minimum absolute atomic E-state index is 0.683. The van der Waals surface area contributed by atoms with Crippen molar-refractivity contribution in [2.45, 2.75) is 13.8 Å². The second-order valence-corrected chi connectivity index (χ2v) is 5.67. The number of benzene rings is 3. The largest absolute Gasteiger partial charge is 0.310 e. The van der Waals surface area contributed by atoms with Crippen molar-refractivity contribution < 1.29 is 4.79 Å². The second kappa shape index (κ2) is 6.49. The highest BCUT2D eigenvalue weighted by Crippen LogP contribution is 2.36. The molecule has 3 rings (SSSR count). The van der Waals surface area contributed by atoms with Crippen LogP contribution in [0.5, 0.6) is 0 Å². The van der Waals surface area contributed by atoms with Crippen LogP contribution in [0.1, 0.15) is 21.5 Å². The standard InChI is InChI=1S/C21H19NO/c1-16-8-9-17(2)21(14-16)22(19-6-4-3-5-7-19)20-12-10-18(15-23)11-13-20/h3-15H,1-2H3. The van der Waals surface area contributed by atoms with Crippen molar-refractivity contribution in [2.75, 3.05) is 4.90 Å². The molecular formula is C21H19NO. The Hall–Kier alpha value is -2.87. The molecule has 3 aromatic rings. The van der Waals surface area contributed by atoms with Gasteiger partial charge in [-0.2, -0.15) is 0 Å². The van der Waals surface area contributed by atoms with Gasteiger partial charge in [0.1, 0.15) is 6.29 Å². The molecule has 0 atom stereocenters. The number of hydrogen-bond donors (Lipinski definition) is 0. The Kier molecular flexibility index (Phi) is 4.24. The minimum atomic E-state index is 0.683. The van der Waals surface area contributed by atoms with Gasteiger partial charge in [-0.05, 0) is 67.4 Å². The van der Waals surface area contributed by atoms with E-state index in [0.717, 1.165) is 23.3 Å². The maximum atomic E-state index is 10.9. The predicted molar refractivity (Wildman–Crippen MR) is 96.0 cm³/mol. The first-order chi connectivity index (χ1) is 11.2. The summed E-state index contributed by atoms with van der Waals surface area (Å²) < 4.78 is 0. The molecule has 0 aliphatic heterocycles. The molecule has 0 aliphatic carbocycles. The number of hydrogen-bond acceptors (Lipinski definition) is 2. The molecule has 3 aromatic carbocycles. The summed E-state index contributed by atoms with van der Waals surface area (Å²) >= 11 is 0. The molecule has 23 heavy (non-hydrogen) atoms. The van der Waals surface area contributed by atoms with Crippen molar-refractivity contribution in [3.05, 3.63) is 89.5 Å². The van der Waals surface area contributed by atoms with Crippen LogP contribution in [0, 0.1) is 13.8 Å². The Morgan fingerprint density at radius 2 is 1.43 bits per heavy atom. The average molecular weight is 301 g/mol. The van der Waals surface area contributed by atoms with Crippen LogP contribution in [-0.4, -0.2) is 6.29 Å². The van der Waals surface area contributed by atoms with Crippen LogP contribution in [-0.2, 0) is 0 Å². The van der Waals surface area contributed by atoms with E-state index in [4.69, 9.17) is 0 Å². The summed E-state index contributed by atoms with van der Waals surface area (Å²) in [5.74, 6) is 0. The van der Waals surface area contributed by atoms with Gasteiger partial charge < -0.3 is 4.90 Å². The van der Waals surface area contributed by atoms with E-state index in [2.05, 4.69) is 49.1 Å². The quantitative estimate of drug-likeness (QED) is 0.586. The zero-order valence-electron chi connectivity index (χ0n) is 13.4. The van der Waals surface area contributed by atoms with Crippen molar-refractivity contribution >= 4 is 23.3 Å². The third kappa shape index (κ3) is 3.16. The third-order valence-corrected chi connectivity index (χ3v) is 3.91. The molecular weight excluding hydrogens is 282 g/mol. The summed E-state index contributed by atoms with van der Waals surface area (Å²) in [6, 6.07) is 24.4. The van der Waals surface area contributed by atoms with Gasteiger partial charge in [0.2, 0.25) is 0 Å². The van der Waals surface area contributed by atoms with Gasteiger partial charge in [0.15, 0.2) is 0 Å². The number of aldehydes is 1. The van der Waals surface area contributed by atoms with Crippen molar-refractivity contribution in [1.82, 2.24) is 0 Å². The van der Waals surface area contributed by atoms with Crippen LogP contribution in [0.4, 0.5) is 17.1 Å². The van der Waals surface area contributed by atoms with Crippen molar-refractivity contribution in [3.8, 4) is 0 Å². The summed E-state index contributed by atoms with van der Waals surface area (Å²) in [4.78, 5) is 13.1. The fraction of sp³-hybridized carbons (Fsp3) is 0.0952. The van der Waals surface area contributed by atoms with Crippen LogP contribution in [0.3, 0.4) is 0 Å². The summed E-state index contributed by atoms with van der Waals surface area (Å²) in [5, 5.41) is 0. The lowest BCUT2D eigenvalue weighted by Crippen LogP contribution is -2.11. The molecule has 0 N–H and O–H groups in total. The molecule has 0 amide bonds. The van der Waals surface area contributed by atoms with Gasteiger partial charge in [-0.1, -0.05) is 30.3 Å². The van der Waals surface area contributed by atoms with E-state index >= 15 is 0 Å². The maximum absolute atomic E-state index is 10.9. The SMILES string of the molecule is Cc1ccc(C)c(N(c2ccccc2)c2ccc(C=O)cc2)c1. The van der Waals surface area contributed by atoms with E-state index in [1.54, 1.807) is 0 Å². The zero-order valence-corrected chi connectivity index (χ0v) is 13.4. The number of carbonyl (C=O) groups is 1. The van der Waals surface area contributed by atoms with Gasteiger partial charge in [0.25, 0.3) is 0 Å². The van der Waals surface area contributed by atoms with Crippen LogP contribution in [0.25, 0.3) is 0 Å². The van der Waals surface area contributed by atoms with Crippen molar-refractivity contribution in [1.29, 1.82) is 0 Å². The van der Waals surface area contributed by atoms with E-state index in [1.165, 1.54) is 11.1 Å². The molecule has 0 saturated heterocycles. The summed E-state index contributed by atoms with van der Waals surface area (Å²) in [6.45, 7) is 4.21. The first-order valence-corrected chi connectivity index (χ1v) is 7.67. The smallest absolute Gasteiger partial charge is 0.150 e. The van der Waals surface area contributed by atoms with Gasteiger partial charge in [0.05, 0.1) is 0 Å². The molecule has 0 unspecified atom stereocenters. The van der Waals surface area contributed by atoms with Gasteiger partial charge in [-0.15, -0.1) is 0 Å². The van der Waals surface area contributed by atoms with Gasteiger partial charge in [-0.3, -0.25) is 4.79 Å². The lowest BCUT2D eigenvalue weighted by Gasteiger charge is -2.27. The van der Waals surface area contributed by atoms with Gasteiger partial charge in [-0.25, -0.2) is 0 Å². The van der Waals surface area contributed by atoms with Crippen LogP contribution in [0.15, 0.2) is 72.8 Å². The minimum Gasteiger partial charge on any atom is -0.310 e. The fourth-order valence-corrected chi connectivity index (χ4v) is 2.67. The number of para-hydroxylation sites is 1. The molecule has 2 heteroatoms.